The Morgan fingerprint density at radius 3 is 1.96 bits per heavy atom. The highest BCUT2D eigenvalue weighted by Gasteiger charge is 2.07. The van der Waals surface area contributed by atoms with Gasteiger partial charge in [0, 0.05) is 34.7 Å². The van der Waals surface area contributed by atoms with Gasteiger partial charge >= 0.3 is 11.9 Å². The summed E-state index contributed by atoms with van der Waals surface area (Å²) in [7, 11) is -2.03. The molecule has 0 atom stereocenters. The van der Waals surface area contributed by atoms with Crippen LogP contribution in [0.5, 0.6) is 0 Å². The first kappa shape index (κ1) is 25.0. The van der Waals surface area contributed by atoms with Crippen molar-refractivity contribution in [3.63, 3.8) is 0 Å². The summed E-state index contributed by atoms with van der Waals surface area (Å²) in [4.78, 5) is 40.1. The topological polar surface area (TPSA) is 93.1 Å². The number of rotatable bonds is 14. The van der Waals surface area contributed by atoms with Gasteiger partial charge in [0.1, 0.15) is 13.2 Å². The second-order valence-electron chi connectivity index (χ2n) is 5.90. The quantitative estimate of drug-likeness (QED) is 0.194. The fraction of sp³-hybridized carbons (Fsp3) is 0.474. The lowest BCUT2D eigenvalue weighted by molar-refractivity contribution is -0.142. The SMILES string of the molecule is C=C(C)C(=O)OCCSCc1ccc(CSCCOC(=O)CCP(O)O)cc1. The monoisotopic (exact) mass is 446 g/mol. The molecule has 0 heterocycles. The Bertz CT molecular complexity index is 621. The van der Waals surface area contributed by atoms with E-state index in [0.717, 1.165) is 17.3 Å². The minimum atomic E-state index is -2.03. The number of hydrogen-bond donors (Lipinski definition) is 2. The van der Waals surface area contributed by atoms with E-state index in [1.165, 1.54) is 11.1 Å². The molecule has 0 bridgehead atoms. The average Bonchev–Trinajstić information content (AvgIpc) is 2.66. The zero-order valence-corrected chi connectivity index (χ0v) is 18.5. The van der Waals surface area contributed by atoms with Crippen LogP contribution in [0.4, 0.5) is 0 Å². The summed E-state index contributed by atoms with van der Waals surface area (Å²) in [6, 6.07) is 8.34. The van der Waals surface area contributed by atoms with Gasteiger partial charge in [-0.15, -0.1) is 0 Å². The van der Waals surface area contributed by atoms with Gasteiger partial charge in [-0.1, -0.05) is 30.8 Å². The Labute approximate surface area is 176 Å². The summed E-state index contributed by atoms with van der Waals surface area (Å²) in [5.74, 6) is 2.39. The molecule has 0 aromatic heterocycles. The van der Waals surface area contributed by atoms with Crippen LogP contribution in [-0.2, 0) is 30.6 Å². The summed E-state index contributed by atoms with van der Waals surface area (Å²) in [6.45, 7) is 5.88. The van der Waals surface area contributed by atoms with Crippen molar-refractivity contribution < 1.29 is 28.8 Å². The smallest absolute Gasteiger partial charge is 0.333 e. The summed E-state index contributed by atoms with van der Waals surface area (Å²) >= 11 is 3.38. The maximum absolute atomic E-state index is 11.3. The fourth-order valence-electron chi connectivity index (χ4n) is 1.91. The van der Waals surface area contributed by atoms with Crippen LogP contribution < -0.4 is 0 Å². The van der Waals surface area contributed by atoms with Crippen molar-refractivity contribution in [3.05, 3.63) is 47.5 Å². The largest absolute Gasteiger partial charge is 0.465 e. The first-order chi connectivity index (χ1) is 13.4. The number of hydrogen-bond acceptors (Lipinski definition) is 8. The van der Waals surface area contributed by atoms with E-state index in [1.807, 2.05) is 0 Å². The second kappa shape index (κ2) is 14.9. The van der Waals surface area contributed by atoms with E-state index in [1.54, 1.807) is 30.4 Å². The molecule has 0 radical (unpaired) electrons. The van der Waals surface area contributed by atoms with Gasteiger partial charge in [0.05, 0.1) is 6.42 Å². The zero-order valence-electron chi connectivity index (χ0n) is 16.0. The molecule has 156 valence electrons. The van der Waals surface area contributed by atoms with Crippen LogP contribution >= 0.6 is 31.9 Å². The first-order valence-corrected chi connectivity index (χ1v) is 12.5. The van der Waals surface area contributed by atoms with Crippen molar-refractivity contribution >= 4 is 43.8 Å². The van der Waals surface area contributed by atoms with Crippen LogP contribution in [0.15, 0.2) is 36.4 Å². The van der Waals surface area contributed by atoms with Crippen LogP contribution in [0.25, 0.3) is 0 Å². The third-order valence-corrected chi connectivity index (χ3v) is 5.99. The summed E-state index contributed by atoms with van der Waals surface area (Å²) in [6.07, 6.45) is 0.102. The lowest BCUT2D eigenvalue weighted by Crippen LogP contribution is -2.08. The van der Waals surface area contributed by atoms with Crippen LogP contribution in [0, 0.1) is 0 Å². The molecule has 9 heteroatoms. The van der Waals surface area contributed by atoms with E-state index in [9.17, 15) is 9.59 Å². The van der Waals surface area contributed by atoms with Crippen molar-refractivity contribution in [1.82, 2.24) is 0 Å². The van der Waals surface area contributed by atoms with E-state index in [0.29, 0.717) is 24.5 Å². The molecule has 28 heavy (non-hydrogen) atoms. The van der Waals surface area contributed by atoms with E-state index in [2.05, 4.69) is 30.8 Å². The summed E-state index contributed by atoms with van der Waals surface area (Å²) in [5, 5.41) is 0. The molecule has 0 aliphatic carbocycles. The van der Waals surface area contributed by atoms with Crippen molar-refractivity contribution in [3.8, 4) is 0 Å². The molecular formula is C19H27O6PS2. The highest BCUT2D eigenvalue weighted by atomic mass is 32.2. The number of carbonyl (C=O) groups excluding carboxylic acids is 2. The Morgan fingerprint density at radius 1 is 1.00 bits per heavy atom. The maximum Gasteiger partial charge on any atom is 0.333 e. The van der Waals surface area contributed by atoms with Crippen molar-refractivity contribution in [1.29, 1.82) is 0 Å². The Morgan fingerprint density at radius 2 is 1.50 bits per heavy atom. The van der Waals surface area contributed by atoms with E-state index in [-0.39, 0.29) is 18.6 Å². The van der Waals surface area contributed by atoms with Gasteiger partial charge in [0.2, 0.25) is 0 Å². The molecule has 0 aliphatic rings. The molecule has 2 N–H and O–H groups in total. The number of esters is 2. The molecule has 6 nitrogen and oxygen atoms in total. The fourth-order valence-corrected chi connectivity index (χ4v) is 3.84. The van der Waals surface area contributed by atoms with Crippen LogP contribution in [-0.4, -0.2) is 52.6 Å². The van der Waals surface area contributed by atoms with Gasteiger partial charge in [-0.25, -0.2) is 4.79 Å². The highest BCUT2D eigenvalue weighted by molar-refractivity contribution is 7.98. The Balaban J connectivity index is 2.10. The molecule has 0 fully saturated rings. The molecule has 0 saturated heterocycles. The molecule has 0 saturated carbocycles. The molecule has 0 unspecified atom stereocenters. The predicted molar refractivity (Wildman–Crippen MR) is 116 cm³/mol. The average molecular weight is 447 g/mol. The first-order valence-electron chi connectivity index (χ1n) is 8.75. The third kappa shape index (κ3) is 12.4. The Hall–Kier alpha value is -1.05. The lowest BCUT2D eigenvalue weighted by atomic mass is 10.2. The number of carbonyl (C=O) groups is 2. The van der Waals surface area contributed by atoms with Crippen LogP contribution in [0.2, 0.25) is 0 Å². The lowest BCUT2D eigenvalue weighted by Gasteiger charge is -2.07. The van der Waals surface area contributed by atoms with Crippen molar-refractivity contribution in [2.45, 2.75) is 24.9 Å². The van der Waals surface area contributed by atoms with Gasteiger partial charge in [0.25, 0.3) is 0 Å². The minimum Gasteiger partial charge on any atom is -0.465 e. The van der Waals surface area contributed by atoms with Gasteiger partial charge in [0.15, 0.2) is 8.38 Å². The molecule has 0 amide bonds. The molecule has 0 aliphatic heterocycles. The number of thioether (sulfide) groups is 2. The van der Waals surface area contributed by atoms with Crippen LogP contribution in [0.3, 0.4) is 0 Å². The molecule has 1 aromatic carbocycles. The van der Waals surface area contributed by atoms with Crippen molar-refractivity contribution in [2.75, 3.05) is 30.9 Å². The molecule has 0 spiro atoms. The zero-order chi connectivity index (χ0) is 20.8. The summed E-state index contributed by atoms with van der Waals surface area (Å²) in [5.41, 5.74) is 2.83. The normalized spacial score (nSPS) is 10.7. The Kier molecular flexibility index (Phi) is 13.3. The molecule has 1 aromatic rings. The maximum atomic E-state index is 11.3. The van der Waals surface area contributed by atoms with Gasteiger partial charge in [-0.3, -0.25) is 4.79 Å². The molecular weight excluding hydrogens is 419 g/mol. The van der Waals surface area contributed by atoms with E-state index >= 15 is 0 Å². The molecule has 1 rings (SSSR count). The third-order valence-electron chi connectivity index (χ3n) is 3.38. The second-order valence-corrected chi connectivity index (χ2v) is 9.31. The highest BCUT2D eigenvalue weighted by Crippen LogP contribution is 2.23. The predicted octanol–water partition coefficient (Wildman–Crippen LogP) is 3.50. The number of ether oxygens (including phenoxy) is 2. The van der Waals surface area contributed by atoms with E-state index < -0.39 is 14.3 Å². The van der Waals surface area contributed by atoms with Gasteiger partial charge in [-0.2, -0.15) is 23.5 Å². The standard InChI is InChI=1S/C19H27O6PS2/c1-15(2)19(21)25-9-12-28-14-17-5-3-16(4-6-17)13-27-11-8-24-18(20)7-10-26(22)23/h3-6,22-23H,1,7-14H2,2H3. The van der Waals surface area contributed by atoms with E-state index in [4.69, 9.17) is 19.3 Å². The van der Waals surface area contributed by atoms with Crippen molar-refractivity contribution in [2.24, 2.45) is 0 Å². The summed E-state index contributed by atoms with van der Waals surface area (Å²) < 4.78 is 10.1. The van der Waals surface area contributed by atoms with Gasteiger partial charge in [-0.05, 0) is 18.1 Å². The van der Waals surface area contributed by atoms with Crippen LogP contribution in [0.1, 0.15) is 24.5 Å². The number of benzene rings is 1. The minimum absolute atomic E-state index is 0.0408. The van der Waals surface area contributed by atoms with Gasteiger partial charge < -0.3 is 19.3 Å².